The molecule has 0 aliphatic carbocycles. The lowest BCUT2D eigenvalue weighted by Gasteiger charge is -2.36. The van der Waals surface area contributed by atoms with Gasteiger partial charge in [-0.05, 0) is 24.6 Å². The Labute approximate surface area is 169 Å². The molecule has 3 rings (SSSR count). The third-order valence-electron chi connectivity index (χ3n) is 4.88. The molecule has 1 fully saturated rings. The minimum atomic E-state index is -4.64. The summed E-state index contributed by atoms with van der Waals surface area (Å²) in [6.07, 6.45) is -5.99. The van der Waals surface area contributed by atoms with Gasteiger partial charge < -0.3 is 15.2 Å². The molecule has 11 heteroatoms. The van der Waals surface area contributed by atoms with E-state index < -0.39 is 42.3 Å². The van der Waals surface area contributed by atoms with E-state index in [1.54, 1.807) is 0 Å². The van der Waals surface area contributed by atoms with Gasteiger partial charge >= 0.3 is 12.3 Å². The molecule has 2 aliphatic rings. The van der Waals surface area contributed by atoms with Crippen LogP contribution in [0.4, 0.5) is 28.0 Å². The number of benzene rings is 1. The Kier molecular flexibility index (Phi) is 6.27. The molecule has 0 spiro atoms. The molecular weight excluding hydrogens is 414 g/mol. The number of hydrogen-bond donors (Lipinski definition) is 2. The average molecular weight is 435 g/mol. The summed E-state index contributed by atoms with van der Waals surface area (Å²) >= 11 is 0.935. The van der Waals surface area contributed by atoms with Crippen LogP contribution in [0.5, 0.6) is 0 Å². The summed E-state index contributed by atoms with van der Waals surface area (Å²) in [4.78, 5) is 16.3. The third kappa shape index (κ3) is 4.45. The Bertz CT molecular complexity index is 805. The number of carbonyl (C=O) groups is 1. The van der Waals surface area contributed by atoms with Crippen LogP contribution in [0, 0.1) is 11.7 Å². The van der Waals surface area contributed by atoms with Gasteiger partial charge in [0.1, 0.15) is 11.4 Å². The van der Waals surface area contributed by atoms with E-state index in [1.165, 1.54) is 12.1 Å². The van der Waals surface area contributed by atoms with Crippen LogP contribution in [-0.4, -0.2) is 42.5 Å². The standard InChI is InChI=1S/C18H21F4N3O3S/c1-2-3-6-27-16(26)24-15-25-17(11-7-10(23)4-5-13(11)19)9-28-14(18(20,21)22)12(17)8-29-15/h4-5,7,12,14H,2-3,6,8-9,23H2,1H3,(H,24,25,26)/t12-,14+,17-/m1/s1. The summed E-state index contributed by atoms with van der Waals surface area (Å²) in [5.41, 5.74) is 4.19. The quantitative estimate of drug-likeness (QED) is 0.427. The molecule has 1 aromatic rings. The second-order valence-corrected chi connectivity index (χ2v) is 7.89. The van der Waals surface area contributed by atoms with E-state index in [1.807, 2.05) is 6.92 Å². The predicted octanol–water partition coefficient (Wildman–Crippen LogP) is 3.81. The van der Waals surface area contributed by atoms with Gasteiger partial charge in [-0.2, -0.15) is 13.2 Å². The van der Waals surface area contributed by atoms with E-state index in [0.717, 1.165) is 24.2 Å². The second-order valence-electron chi connectivity index (χ2n) is 6.89. The van der Waals surface area contributed by atoms with Crippen LogP contribution in [0.25, 0.3) is 0 Å². The van der Waals surface area contributed by atoms with Gasteiger partial charge in [-0.1, -0.05) is 25.1 Å². The summed E-state index contributed by atoms with van der Waals surface area (Å²) < 4.78 is 65.1. The van der Waals surface area contributed by atoms with Crippen molar-refractivity contribution < 1.29 is 31.8 Å². The van der Waals surface area contributed by atoms with Crippen molar-refractivity contribution in [3.63, 3.8) is 0 Å². The lowest BCUT2D eigenvalue weighted by Crippen LogP contribution is -2.47. The van der Waals surface area contributed by atoms with Crippen molar-refractivity contribution in [1.82, 2.24) is 5.32 Å². The first-order valence-corrected chi connectivity index (χ1v) is 10.1. The highest BCUT2D eigenvalue weighted by atomic mass is 32.2. The lowest BCUT2D eigenvalue weighted by atomic mass is 9.78. The first-order chi connectivity index (χ1) is 13.7. The zero-order valence-electron chi connectivity index (χ0n) is 15.6. The highest BCUT2D eigenvalue weighted by Crippen LogP contribution is 2.52. The minimum absolute atomic E-state index is 0.0518. The summed E-state index contributed by atoms with van der Waals surface area (Å²) in [5.74, 6) is -1.99. The number of halogens is 4. The highest BCUT2D eigenvalue weighted by molar-refractivity contribution is 8.13. The zero-order chi connectivity index (χ0) is 21.2. The monoisotopic (exact) mass is 435 g/mol. The van der Waals surface area contributed by atoms with Crippen molar-refractivity contribution in [2.24, 2.45) is 10.9 Å². The Morgan fingerprint density at radius 3 is 2.93 bits per heavy atom. The Morgan fingerprint density at radius 2 is 2.24 bits per heavy atom. The molecule has 0 aromatic heterocycles. The fourth-order valence-corrected chi connectivity index (χ4v) is 4.62. The van der Waals surface area contributed by atoms with Crippen LogP contribution in [0.1, 0.15) is 25.3 Å². The number of amides is 1. The fraction of sp³-hybridized carbons (Fsp3) is 0.556. The molecule has 6 nitrogen and oxygen atoms in total. The summed E-state index contributed by atoms with van der Waals surface area (Å²) in [5, 5.41) is 2.49. The molecular formula is C18H21F4N3O3S. The van der Waals surface area contributed by atoms with Gasteiger partial charge in [0.2, 0.25) is 0 Å². The minimum Gasteiger partial charge on any atom is -0.449 e. The first kappa shape index (κ1) is 21.7. The fourth-order valence-electron chi connectivity index (χ4n) is 3.44. The Balaban J connectivity index is 1.96. The number of alkyl halides is 3. The molecule has 29 heavy (non-hydrogen) atoms. The number of rotatable bonds is 4. The number of aliphatic imine (C=N–C) groups is 1. The van der Waals surface area contributed by atoms with Crippen LogP contribution >= 0.6 is 11.8 Å². The molecule has 2 aliphatic heterocycles. The van der Waals surface area contributed by atoms with Gasteiger partial charge in [-0.25, -0.2) is 14.2 Å². The van der Waals surface area contributed by atoms with E-state index in [4.69, 9.17) is 15.2 Å². The topological polar surface area (TPSA) is 85.9 Å². The van der Waals surface area contributed by atoms with Gasteiger partial charge in [-0.3, -0.25) is 5.32 Å². The van der Waals surface area contributed by atoms with Crippen molar-refractivity contribution >= 4 is 28.7 Å². The number of carbonyl (C=O) groups excluding carboxylic acids is 1. The SMILES string of the molecule is CCCCOC(=O)NC1=N[C@@]2(c3cc(N)ccc3F)CO[C@H](C(F)(F)F)[C@H]2CS1. The van der Waals surface area contributed by atoms with Crippen molar-refractivity contribution in [3.8, 4) is 0 Å². The van der Waals surface area contributed by atoms with Crippen molar-refractivity contribution in [2.75, 3.05) is 24.7 Å². The molecule has 0 radical (unpaired) electrons. The Morgan fingerprint density at radius 1 is 1.48 bits per heavy atom. The molecule has 1 aromatic carbocycles. The number of unbranched alkanes of at least 4 members (excludes halogenated alkanes) is 1. The van der Waals surface area contributed by atoms with E-state index >= 15 is 0 Å². The number of nitrogens with two attached hydrogens (primary N) is 1. The second kappa shape index (κ2) is 8.39. The predicted molar refractivity (Wildman–Crippen MR) is 101 cm³/mol. The van der Waals surface area contributed by atoms with Gasteiger partial charge in [0.25, 0.3) is 0 Å². The number of hydrogen-bond acceptors (Lipinski definition) is 6. The number of fused-ring (bicyclic) bond motifs is 1. The first-order valence-electron chi connectivity index (χ1n) is 9.07. The number of alkyl carbamates (subject to hydrolysis) is 1. The maximum Gasteiger partial charge on any atom is 0.415 e. The van der Waals surface area contributed by atoms with E-state index in [9.17, 15) is 22.4 Å². The largest absolute Gasteiger partial charge is 0.449 e. The molecule has 0 saturated carbocycles. The van der Waals surface area contributed by atoms with E-state index in [0.29, 0.717) is 6.42 Å². The molecule has 0 bridgehead atoms. The van der Waals surface area contributed by atoms with Crippen LogP contribution in [0.2, 0.25) is 0 Å². The molecule has 2 heterocycles. The molecule has 0 unspecified atom stereocenters. The average Bonchev–Trinajstić information content (AvgIpc) is 3.04. The van der Waals surface area contributed by atoms with E-state index in [2.05, 4.69) is 10.3 Å². The Hall–Kier alpha value is -2.01. The number of nitrogens with zero attached hydrogens (tertiary/aromatic N) is 1. The van der Waals surface area contributed by atoms with Crippen molar-refractivity contribution in [1.29, 1.82) is 0 Å². The number of nitrogen functional groups attached to an aromatic ring is 1. The van der Waals surface area contributed by atoms with Crippen LogP contribution in [0.15, 0.2) is 23.2 Å². The summed E-state index contributed by atoms with van der Waals surface area (Å²) in [6, 6.07) is 3.66. The van der Waals surface area contributed by atoms with Gasteiger partial charge in [0.15, 0.2) is 11.3 Å². The van der Waals surface area contributed by atoms with Crippen LogP contribution in [0.3, 0.4) is 0 Å². The van der Waals surface area contributed by atoms with Crippen LogP contribution in [-0.2, 0) is 15.0 Å². The number of nitrogens with one attached hydrogen (secondary N) is 1. The maximum absolute atomic E-state index is 14.6. The summed E-state index contributed by atoms with van der Waals surface area (Å²) in [7, 11) is 0. The summed E-state index contributed by atoms with van der Waals surface area (Å²) in [6.45, 7) is 1.65. The number of ether oxygens (including phenoxy) is 2. The van der Waals surface area contributed by atoms with Gasteiger partial charge in [0, 0.05) is 22.9 Å². The zero-order valence-corrected chi connectivity index (χ0v) is 16.4. The molecule has 160 valence electrons. The third-order valence-corrected chi connectivity index (χ3v) is 5.87. The smallest absolute Gasteiger partial charge is 0.415 e. The van der Waals surface area contributed by atoms with Gasteiger partial charge in [0.05, 0.1) is 13.2 Å². The number of amidine groups is 1. The molecule has 1 amide bonds. The molecule has 3 N–H and O–H groups in total. The maximum atomic E-state index is 14.6. The van der Waals surface area contributed by atoms with Crippen molar-refractivity contribution in [2.45, 2.75) is 37.6 Å². The van der Waals surface area contributed by atoms with E-state index in [-0.39, 0.29) is 28.8 Å². The highest BCUT2D eigenvalue weighted by Gasteiger charge is 2.62. The molecule has 3 atom stereocenters. The van der Waals surface area contributed by atoms with Gasteiger partial charge in [-0.15, -0.1) is 0 Å². The molecule has 1 saturated heterocycles. The lowest BCUT2D eigenvalue weighted by molar-refractivity contribution is -0.215. The normalized spacial score (nSPS) is 26.6. The number of anilines is 1. The van der Waals surface area contributed by atoms with Crippen molar-refractivity contribution in [3.05, 3.63) is 29.6 Å². The number of thioether (sulfide) groups is 1. The van der Waals surface area contributed by atoms with Crippen LogP contribution < -0.4 is 11.1 Å².